The number of aryl methyl sites for hydroxylation is 2. The van der Waals surface area contributed by atoms with E-state index in [1.165, 1.54) is 24.0 Å². The molecule has 0 saturated heterocycles. The Bertz CT molecular complexity index is 823. The van der Waals surface area contributed by atoms with E-state index in [0.717, 1.165) is 36.7 Å². The van der Waals surface area contributed by atoms with E-state index in [2.05, 4.69) is 36.2 Å². The molecule has 3 aromatic rings. The van der Waals surface area contributed by atoms with Crippen molar-refractivity contribution in [2.75, 3.05) is 0 Å². The van der Waals surface area contributed by atoms with Crippen molar-refractivity contribution in [3.05, 3.63) is 47.5 Å². The van der Waals surface area contributed by atoms with Gasteiger partial charge in [0.25, 0.3) is 0 Å². The largest absolute Gasteiger partial charge is 0.506 e. The van der Waals surface area contributed by atoms with Gasteiger partial charge < -0.3 is 5.11 Å². The van der Waals surface area contributed by atoms with Crippen LogP contribution < -0.4 is 0 Å². The zero-order chi connectivity index (χ0) is 16.9. The van der Waals surface area contributed by atoms with Crippen LogP contribution in [0.25, 0.3) is 16.7 Å². The molecular formula is C20H25N3O. The van der Waals surface area contributed by atoms with E-state index in [-0.39, 0.29) is 5.75 Å². The van der Waals surface area contributed by atoms with Gasteiger partial charge in [0, 0.05) is 0 Å². The topological polar surface area (TPSA) is 50.9 Å². The van der Waals surface area contributed by atoms with Crippen molar-refractivity contribution in [3.63, 3.8) is 0 Å². The highest BCUT2D eigenvalue weighted by Gasteiger charge is 2.10. The molecule has 4 heteroatoms. The lowest BCUT2D eigenvalue weighted by molar-refractivity contribution is 0.467. The fourth-order valence-corrected chi connectivity index (χ4v) is 2.87. The fourth-order valence-electron chi connectivity index (χ4n) is 2.87. The second kappa shape index (κ2) is 7.47. The van der Waals surface area contributed by atoms with Crippen LogP contribution in [-0.4, -0.2) is 20.1 Å². The Balaban J connectivity index is 1.93. The molecule has 0 unspecified atom stereocenters. The molecule has 1 aromatic heterocycles. The molecule has 0 aliphatic rings. The highest BCUT2D eigenvalue weighted by molar-refractivity contribution is 5.75. The maximum Gasteiger partial charge on any atom is 0.143 e. The number of hydrogen-bond donors (Lipinski definition) is 1. The maximum absolute atomic E-state index is 10.2. The number of aromatic nitrogens is 3. The van der Waals surface area contributed by atoms with Gasteiger partial charge in [-0.1, -0.05) is 38.8 Å². The minimum absolute atomic E-state index is 0.210. The van der Waals surface area contributed by atoms with Gasteiger partial charge in [-0.25, -0.2) is 0 Å². The van der Waals surface area contributed by atoms with Crippen molar-refractivity contribution in [2.45, 2.75) is 52.4 Å². The SMILES string of the molecule is CCCCc1ccc(O)c(-n2nc3ccc(CCCC)cc3n2)c1. The van der Waals surface area contributed by atoms with Crippen LogP contribution in [0.2, 0.25) is 0 Å². The third-order valence-electron chi connectivity index (χ3n) is 4.34. The van der Waals surface area contributed by atoms with Crippen molar-refractivity contribution in [1.82, 2.24) is 15.0 Å². The van der Waals surface area contributed by atoms with Crippen LogP contribution >= 0.6 is 0 Å². The van der Waals surface area contributed by atoms with Gasteiger partial charge >= 0.3 is 0 Å². The van der Waals surface area contributed by atoms with Crippen LogP contribution in [0.3, 0.4) is 0 Å². The van der Waals surface area contributed by atoms with Gasteiger partial charge in [-0.2, -0.15) is 0 Å². The van der Waals surface area contributed by atoms with Gasteiger partial charge in [-0.15, -0.1) is 15.0 Å². The third-order valence-corrected chi connectivity index (χ3v) is 4.34. The van der Waals surface area contributed by atoms with Crippen LogP contribution in [0.1, 0.15) is 50.7 Å². The molecule has 0 atom stereocenters. The van der Waals surface area contributed by atoms with Gasteiger partial charge in [-0.05, 0) is 61.1 Å². The molecule has 0 radical (unpaired) electrons. The zero-order valence-electron chi connectivity index (χ0n) is 14.5. The minimum atomic E-state index is 0.210. The molecule has 3 rings (SSSR count). The zero-order valence-corrected chi connectivity index (χ0v) is 14.5. The van der Waals surface area contributed by atoms with E-state index < -0.39 is 0 Å². The van der Waals surface area contributed by atoms with E-state index in [0.29, 0.717) is 5.69 Å². The molecule has 0 bridgehead atoms. The van der Waals surface area contributed by atoms with Gasteiger partial charge in [-0.3, -0.25) is 0 Å². The highest BCUT2D eigenvalue weighted by atomic mass is 16.3. The van der Waals surface area contributed by atoms with Crippen LogP contribution in [-0.2, 0) is 12.8 Å². The molecule has 1 N–H and O–H groups in total. The Morgan fingerprint density at radius 1 is 0.833 bits per heavy atom. The summed E-state index contributed by atoms with van der Waals surface area (Å²) in [4.78, 5) is 1.55. The van der Waals surface area contributed by atoms with E-state index in [4.69, 9.17) is 0 Å². The Hall–Kier alpha value is -2.36. The third kappa shape index (κ3) is 3.58. The summed E-state index contributed by atoms with van der Waals surface area (Å²) in [6.45, 7) is 4.38. The van der Waals surface area contributed by atoms with Gasteiger partial charge in [0.1, 0.15) is 22.5 Å². The summed E-state index contributed by atoms with van der Waals surface area (Å²) < 4.78 is 0. The highest BCUT2D eigenvalue weighted by Crippen LogP contribution is 2.24. The first kappa shape index (κ1) is 16.5. The second-order valence-corrected chi connectivity index (χ2v) is 6.34. The molecule has 0 fully saturated rings. The van der Waals surface area contributed by atoms with Crippen molar-refractivity contribution >= 4 is 11.0 Å². The quantitative estimate of drug-likeness (QED) is 0.678. The summed E-state index contributed by atoms with van der Waals surface area (Å²) in [5, 5.41) is 19.3. The first-order valence-corrected chi connectivity index (χ1v) is 8.89. The summed E-state index contributed by atoms with van der Waals surface area (Å²) in [6, 6.07) is 11.9. The molecular weight excluding hydrogens is 298 g/mol. The first-order valence-electron chi connectivity index (χ1n) is 8.89. The van der Waals surface area contributed by atoms with Crippen LogP contribution in [0.4, 0.5) is 0 Å². The molecule has 126 valence electrons. The lowest BCUT2D eigenvalue weighted by Crippen LogP contribution is -2.00. The minimum Gasteiger partial charge on any atom is -0.506 e. The maximum atomic E-state index is 10.2. The molecule has 4 nitrogen and oxygen atoms in total. The number of nitrogens with zero attached hydrogens (tertiary/aromatic N) is 3. The smallest absolute Gasteiger partial charge is 0.143 e. The van der Waals surface area contributed by atoms with Crippen molar-refractivity contribution in [2.24, 2.45) is 0 Å². The van der Waals surface area contributed by atoms with Gasteiger partial charge in [0.15, 0.2) is 0 Å². The molecule has 2 aromatic carbocycles. The summed E-state index contributed by atoms with van der Waals surface area (Å²) in [6.07, 6.45) is 6.73. The summed E-state index contributed by atoms with van der Waals surface area (Å²) in [5.74, 6) is 0.210. The van der Waals surface area contributed by atoms with Gasteiger partial charge in [0.2, 0.25) is 0 Å². The average molecular weight is 323 g/mol. The molecule has 0 spiro atoms. The normalized spacial score (nSPS) is 11.2. The van der Waals surface area contributed by atoms with Crippen LogP contribution in [0.15, 0.2) is 36.4 Å². The number of benzene rings is 2. The number of hydrogen-bond acceptors (Lipinski definition) is 3. The van der Waals surface area contributed by atoms with Crippen LogP contribution in [0.5, 0.6) is 5.75 Å². The summed E-state index contributed by atoms with van der Waals surface area (Å²) >= 11 is 0. The number of unbranched alkanes of at least 4 members (excludes halogenated alkanes) is 2. The number of rotatable bonds is 7. The molecule has 0 aliphatic carbocycles. The monoisotopic (exact) mass is 323 g/mol. The predicted octanol–water partition coefficient (Wildman–Crippen LogP) is 4.81. The Morgan fingerprint density at radius 3 is 2.17 bits per heavy atom. The van der Waals surface area contributed by atoms with E-state index in [9.17, 15) is 5.11 Å². The molecule has 1 heterocycles. The van der Waals surface area contributed by atoms with E-state index in [1.807, 2.05) is 18.2 Å². The Labute approximate surface area is 143 Å². The Morgan fingerprint density at radius 2 is 1.46 bits per heavy atom. The van der Waals surface area contributed by atoms with Crippen molar-refractivity contribution in [3.8, 4) is 11.4 Å². The second-order valence-electron chi connectivity index (χ2n) is 6.34. The molecule has 0 saturated carbocycles. The lowest BCUT2D eigenvalue weighted by atomic mass is 10.1. The standard InChI is InChI=1S/C20H25N3O/c1-3-5-7-15-9-11-17-18(13-15)22-23(21-17)19-14-16(8-6-4-2)10-12-20(19)24/h9-14,24H,3-8H2,1-2H3. The lowest BCUT2D eigenvalue weighted by Gasteiger charge is -2.06. The van der Waals surface area contributed by atoms with Gasteiger partial charge in [0.05, 0.1) is 0 Å². The van der Waals surface area contributed by atoms with Crippen molar-refractivity contribution in [1.29, 1.82) is 0 Å². The van der Waals surface area contributed by atoms with E-state index in [1.54, 1.807) is 10.9 Å². The van der Waals surface area contributed by atoms with Crippen LogP contribution in [0, 0.1) is 0 Å². The number of phenols is 1. The Kier molecular flexibility index (Phi) is 5.14. The predicted molar refractivity (Wildman–Crippen MR) is 97.8 cm³/mol. The van der Waals surface area contributed by atoms with Crippen molar-refractivity contribution < 1.29 is 5.11 Å². The molecule has 0 amide bonds. The fraction of sp³-hybridized carbons (Fsp3) is 0.400. The number of phenolic OH excluding ortho intramolecular Hbond substituents is 1. The average Bonchev–Trinajstić information content (AvgIpc) is 3.02. The number of fused-ring (bicyclic) bond motifs is 1. The van der Waals surface area contributed by atoms with E-state index >= 15 is 0 Å². The first-order chi connectivity index (χ1) is 11.7. The summed E-state index contributed by atoms with van der Waals surface area (Å²) in [7, 11) is 0. The molecule has 24 heavy (non-hydrogen) atoms. The molecule has 0 aliphatic heterocycles. The number of aromatic hydroxyl groups is 1. The summed E-state index contributed by atoms with van der Waals surface area (Å²) in [5.41, 5.74) is 4.87.